The van der Waals surface area contributed by atoms with Gasteiger partial charge in [0, 0.05) is 19.1 Å². The number of ether oxygens (including phenoxy) is 1. The van der Waals surface area contributed by atoms with Crippen LogP contribution in [0.4, 0.5) is 4.79 Å². The topological polar surface area (TPSA) is 84.7 Å². The molecule has 1 aromatic carbocycles. The highest BCUT2D eigenvalue weighted by Gasteiger charge is 2.39. The van der Waals surface area contributed by atoms with Crippen LogP contribution in [0.15, 0.2) is 24.3 Å². The largest absolute Gasteiger partial charge is 0.484 e. The molecule has 0 spiro atoms. The minimum absolute atomic E-state index is 0.0165. The summed E-state index contributed by atoms with van der Waals surface area (Å²) >= 11 is 0. The normalized spacial score (nSPS) is 20.3. The van der Waals surface area contributed by atoms with E-state index in [1.165, 1.54) is 12.8 Å². The maximum absolute atomic E-state index is 12.4. The molecule has 0 radical (unpaired) electrons. The van der Waals surface area contributed by atoms with Crippen LogP contribution < -0.4 is 15.8 Å². The van der Waals surface area contributed by atoms with Gasteiger partial charge in [-0.3, -0.25) is 4.79 Å². The average Bonchev–Trinajstić information content (AvgIpc) is 3.28. The summed E-state index contributed by atoms with van der Waals surface area (Å²) in [5.74, 6) is 0.783. The summed E-state index contributed by atoms with van der Waals surface area (Å²) in [6.45, 7) is 1.15. The number of carbonyl (C=O) groups is 2. The lowest BCUT2D eigenvalue weighted by Crippen LogP contribution is -2.43. The SMILES string of the molecule is NC(=O)COc1cccc(CNC(=O)N2CCCC2C2CC2)c1. The molecule has 0 aromatic heterocycles. The minimum Gasteiger partial charge on any atom is -0.484 e. The fraction of sp³-hybridized carbons (Fsp3) is 0.529. The number of hydrogen-bond acceptors (Lipinski definition) is 3. The van der Waals surface area contributed by atoms with Crippen molar-refractivity contribution in [1.82, 2.24) is 10.2 Å². The van der Waals surface area contributed by atoms with Gasteiger partial charge in [-0.15, -0.1) is 0 Å². The van der Waals surface area contributed by atoms with Gasteiger partial charge in [-0.2, -0.15) is 0 Å². The summed E-state index contributed by atoms with van der Waals surface area (Å²) in [5, 5.41) is 2.99. The fourth-order valence-electron chi connectivity index (χ4n) is 3.19. The summed E-state index contributed by atoms with van der Waals surface area (Å²) in [6.07, 6.45) is 4.75. The van der Waals surface area contributed by atoms with E-state index in [0.717, 1.165) is 24.9 Å². The quantitative estimate of drug-likeness (QED) is 0.836. The van der Waals surface area contributed by atoms with Gasteiger partial charge in [0.05, 0.1) is 0 Å². The molecule has 1 atom stereocenters. The molecule has 6 nitrogen and oxygen atoms in total. The second-order valence-electron chi connectivity index (χ2n) is 6.30. The minimum atomic E-state index is -0.510. The Morgan fingerprint density at radius 2 is 2.13 bits per heavy atom. The number of benzene rings is 1. The van der Waals surface area contributed by atoms with E-state index in [2.05, 4.69) is 5.32 Å². The van der Waals surface area contributed by atoms with Gasteiger partial charge in [-0.1, -0.05) is 12.1 Å². The van der Waals surface area contributed by atoms with Gasteiger partial charge >= 0.3 is 6.03 Å². The van der Waals surface area contributed by atoms with Gasteiger partial charge in [0.2, 0.25) is 0 Å². The predicted molar refractivity (Wildman–Crippen MR) is 85.8 cm³/mol. The van der Waals surface area contributed by atoms with E-state index < -0.39 is 5.91 Å². The number of urea groups is 1. The van der Waals surface area contributed by atoms with E-state index in [9.17, 15) is 9.59 Å². The number of rotatable bonds is 6. The van der Waals surface area contributed by atoms with Crippen molar-refractivity contribution >= 4 is 11.9 Å². The van der Waals surface area contributed by atoms with E-state index in [0.29, 0.717) is 24.3 Å². The number of amides is 3. The smallest absolute Gasteiger partial charge is 0.317 e. The summed E-state index contributed by atoms with van der Waals surface area (Å²) in [7, 11) is 0. The molecule has 3 amide bonds. The van der Waals surface area contributed by atoms with Gasteiger partial charge < -0.3 is 20.7 Å². The van der Waals surface area contributed by atoms with Crippen molar-refractivity contribution < 1.29 is 14.3 Å². The molecule has 2 fully saturated rings. The number of likely N-dealkylation sites (tertiary alicyclic amines) is 1. The third-order valence-electron chi connectivity index (χ3n) is 4.45. The number of nitrogens with zero attached hydrogens (tertiary/aromatic N) is 1. The van der Waals surface area contributed by atoms with Crippen molar-refractivity contribution in [3.8, 4) is 5.75 Å². The molecule has 1 saturated carbocycles. The molecule has 3 N–H and O–H groups in total. The van der Waals surface area contributed by atoms with Crippen LogP contribution in [-0.2, 0) is 11.3 Å². The molecule has 0 bridgehead atoms. The van der Waals surface area contributed by atoms with E-state index >= 15 is 0 Å². The van der Waals surface area contributed by atoms with Crippen LogP contribution in [0.25, 0.3) is 0 Å². The monoisotopic (exact) mass is 317 g/mol. The molecule has 1 heterocycles. The lowest BCUT2D eigenvalue weighted by Gasteiger charge is -2.25. The van der Waals surface area contributed by atoms with Gasteiger partial charge in [-0.05, 0) is 49.3 Å². The molecule has 2 aliphatic rings. The first-order chi connectivity index (χ1) is 11.1. The fourth-order valence-corrected chi connectivity index (χ4v) is 3.19. The summed E-state index contributed by atoms with van der Waals surface area (Å²) < 4.78 is 5.27. The Hall–Kier alpha value is -2.24. The third-order valence-corrected chi connectivity index (χ3v) is 4.45. The molecule has 124 valence electrons. The molecule has 1 unspecified atom stereocenters. The predicted octanol–water partition coefficient (Wildman–Crippen LogP) is 1.63. The Balaban J connectivity index is 1.52. The molecule has 1 aliphatic carbocycles. The zero-order chi connectivity index (χ0) is 16.2. The highest BCUT2D eigenvalue weighted by Crippen LogP contribution is 2.40. The number of nitrogens with two attached hydrogens (primary N) is 1. The second kappa shape index (κ2) is 6.89. The van der Waals surface area contributed by atoms with Crippen molar-refractivity contribution in [1.29, 1.82) is 0 Å². The molecular formula is C17H23N3O3. The Bertz CT molecular complexity index is 586. The van der Waals surface area contributed by atoms with E-state index in [4.69, 9.17) is 10.5 Å². The summed E-state index contributed by atoms with van der Waals surface area (Å²) in [6, 6.07) is 7.77. The zero-order valence-electron chi connectivity index (χ0n) is 13.2. The maximum Gasteiger partial charge on any atom is 0.317 e. The lowest BCUT2D eigenvalue weighted by atomic mass is 10.1. The van der Waals surface area contributed by atoms with Crippen molar-refractivity contribution in [2.45, 2.75) is 38.3 Å². The number of hydrogen-bond donors (Lipinski definition) is 2. The Kier molecular flexibility index (Phi) is 4.69. The Labute approximate surface area is 136 Å². The summed E-state index contributed by atoms with van der Waals surface area (Å²) in [5.41, 5.74) is 6.00. The van der Waals surface area contributed by atoms with Crippen LogP contribution in [0.2, 0.25) is 0 Å². The van der Waals surface area contributed by atoms with Crippen LogP contribution in [0.3, 0.4) is 0 Å². The van der Waals surface area contributed by atoms with Gasteiger partial charge in [0.25, 0.3) is 5.91 Å². The second-order valence-corrected chi connectivity index (χ2v) is 6.30. The highest BCUT2D eigenvalue weighted by atomic mass is 16.5. The molecule has 6 heteroatoms. The molecule has 3 rings (SSSR count). The van der Waals surface area contributed by atoms with Crippen molar-refractivity contribution in [2.24, 2.45) is 11.7 Å². The van der Waals surface area contributed by atoms with Crippen molar-refractivity contribution in [2.75, 3.05) is 13.2 Å². The van der Waals surface area contributed by atoms with Gasteiger partial charge in [0.1, 0.15) is 5.75 Å². The average molecular weight is 317 g/mol. The number of carbonyl (C=O) groups excluding carboxylic acids is 2. The van der Waals surface area contributed by atoms with Crippen LogP contribution in [0.5, 0.6) is 5.75 Å². The first kappa shape index (κ1) is 15.6. The zero-order valence-corrected chi connectivity index (χ0v) is 13.2. The van der Waals surface area contributed by atoms with Gasteiger partial charge in [-0.25, -0.2) is 4.79 Å². The maximum atomic E-state index is 12.4. The van der Waals surface area contributed by atoms with Gasteiger partial charge in [0.15, 0.2) is 6.61 Å². The molecule has 1 saturated heterocycles. The Morgan fingerprint density at radius 1 is 1.30 bits per heavy atom. The van der Waals surface area contributed by atoms with E-state index in [1.807, 2.05) is 23.1 Å². The van der Waals surface area contributed by atoms with Crippen LogP contribution in [0.1, 0.15) is 31.2 Å². The van der Waals surface area contributed by atoms with E-state index in [1.54, 1.807) is 6.07 Å². The van der Waals surface area contributed by atoms with Crippen LogP contribution >= 0.6 is 0 Å². The third kappa shape index (κ3) is 4.15. The lowest BCUT2D eigenvalue weighted by molar-refractivity contribution is -0.119. The number of primary amides is 1. The Morgan fingerprint density at radius 3 is 2.87 bits per heavy atom. The van der Waals surface area contributed by atoms with E-state index in [-0.39, 0.29) is 12.6 Å². The standard InChI is InChI=1S/C17H23N3O3/c18-16(21)11-23-14-4-1-3-12(9-14)10-19-17(22)20-8-2-5-15(20)13-6-7-13/h1,3-4,9,13,15H,2,5-8,10-11H2,(H2,18,21)(H,19,22). The van der Waals surface area contributed by atoms with Crippen molar-refractivity contribution in [3.05, 3.63) is 29.8 Å². The molecule has 1 aliphatic heterocycles. The number of nitrogens with one attached hydrogen (secondary N) is 1. The van der Waals surface area contributed by atoms with Crippen LogP contribution in [0, 0.1) is 5.92 Å². The molecule has 1 aromatic rings. The molecular weight excluding hydrogens is 294 g/mol. The highest BCUT2D eigenvalue weighted by molar-refractivity contribution is 5.75. The van der Waals surface area contributed by atoms with Crippen molar-refractivity contribution in [3.63, 3.8) is 0 Å². The first-order valence-corrected chi connectivity index (χ1v) is 8.18. The summed E-state index contributed by atoms with van der Waals surface area (Å²) in [4.78, 5) is 25.1. The van der Waals surface area contributed by atoms with Crippen LogP contribution in [-0.4, -0.2) is 36.0 Å². The first-order valence-electron chi connectivity index (χ1n) is 8.18. The molecule has 23 heavy (non-hydrogen) atoms.